The van der Waals surface area contributed by atoms with Crippen molar-refractivity contribution in [3.63, 3.8) is 0 Å². The van der Waals surface area contributed by atoms with E-state index < -0.39 is 0 Å². The van der Waals surface area contributed by atoms with Gasteiger partial charge in [0.1, 0.15) is 0 Å². The van der Waals surface area contributed by atoms with Crippen LogP contribution in [-0.4, -0.2) is 12.6 Å². The van der Waals surface area contributed by atoms with Crippen molar-refractivity contribution in [1.29, 1.82) is 0 Å². The number of nitrogen functional groups attached to an aromatic ring is 1. The number of anilines is 2. The maximum Gasteiger partial charge on any atom is 0.0605 e. The van der Waals surface area contributed by atoms with E-state index in [9.17, 15) is 0 Å². The van der Waals surface area contributed by atoms with Crippen molar-refractivity contribution in [1.82, 2.24) is 0 Å². The van der Waals surface area contributed by atoms with Gasteiger partial charge in [0, 0.05) is 12.6 Å². The second-order valence-electron chi connectivity index (χ2n) is 5.60. The molecule has 2 fully saturated rings. The lowest BCUT2D eigenvalue weighted by Crippen LogP contribution is -2.35. The summed E-state index contributed by atoms with van der Waals surface area (Å²) in [7, 11) is 0. The summed E-state index contributed by atoms with van der Waals surface area (Å²) in [6, 6.07) is 7.19. The SMILES string of the molecule is Cc1cccc(N2CCC3CCCCC32)c1N. The highest BCUT2D eigenvalue weighted by Crippen LogP contribution is 2.40. The molecule has 92 valence electrons. The van der Waals surface area contributed by atoms with Crippen molar-refractivity contribution in [2.75, 3.05) is 17.2 Å². The molecule has 3 rings (SSSR count). The van der Waals surface area contributed by atoms with Crippen molar-refractivity contribution in [3.8, 4) is 0 Å². The van der Waals surface area contributed by atoms with Gasteiger partial charge in [-0.2, -0.15) is 0 Å². The first-order chi connectivity index (χ1) is 8.27. The van der Waals surface area contributed by atoms with Crippen molar-refractivity contribution < 1.29 is 0 Å². The minimum Gasteiger partial charge on any atom is -0.397 e. The highest BCUT2D eigenvalue weighted by molar-refractivity contribution is 5.71. The standard InChI is InChI=1S/C15H22N2/c1-11-5-4-8-14(15(11)16)17-10-9-12-6-2-3-7-13(12)17/h4-5,8,12-13H,2-3,6-7,9-10,16H2,1H3. The van der Waals surface area contributed by atoms with Crippen molar-refractivity contribution in [2.24, 2.45) is 5.92 Å². The Bertz CT molecular complexity index is 413. The van der Waals surface area contributed by atoms with Crippen LogP contribution in [0, 0.1) is 12.8 Å². The van der Waals surface area contributed by atoms with Crippen LogP contribution < -0.4 is 10.6 Å². The van der Waals surface area contributed by atoms with Crippen LogP contribution in [0.25, 0.3) is 0 Å². The lowest BCUT2D eigenvalue weighted by atomic mass is 9.85. The number of hydrogen-bond acceptors (Lipinski definition) is 2. The first kappa shape index (κ1) is 10.9. The van der Waals surface area contributed by atoms with E-state index in [0.29, 0.717) is 0 Å². The van der Waals surface area contributed by atoms with Gasteiger partial charge in [-0.1, -0.05) is 25.0 Å². The minimum atomic E-state index is 0.757. The molecular formula is C15H22N2. The average molecular weight is 230 g/mol. The third-order valence-electron chi connectivity index (χ3n) is 4.62. The summed E-state index contributed by atoms with van der Waals surface area (Å²) in [4.78, 5) is 2.58. The minimum absolute atomic E-state index is 0.757. The maximum atomic E-state index is 6.24. The molecular weight excluding hydrogens is 208 g/mol. The summed E-state index contributed by atoms with van der Waals surface area (Å²) < 4.78 is 0. The molecule has 1 aromatic carbocycles. The fraction of sp³-hybridized carbons (Fsp3) is 0.600. The van der Waals surface area contributed by atoms with Gasteiger partial charge in [-0.3, -0.25) is 0 Å². The van der Waals surface area contributed by atoms with Gasteiger partial charge in [0.15, 0.2) is 0 Å². The van der Waals surface area contributed by atoms with E-state index in [4.69, 9.17) is 5.73 Å². The van der Waals surface area contributed by atoms with E-state index in [2.05, 4.69) is 30.0 Å². The van der Waals surface area contributed by atoms with Crippen molar-refractivity contribution in [3.05, 3.63) is 23.8 Å². The number of para-hydroxylation sites is 1. The number of nitrogens with zero attached hydrogens (tertiary/aromatic N) is 1. The van der Waals surface area contributed by atoms with Gasteiger partial charge < -0.3 is 10.6 Å². The summed E-state index contributed by atoms with van der Waals surface area (Å²) in [6.45, 7) is 3.30. The molecule has 2 aliphatic rings. The van der Waals surface area contributed by atoms with E-state index in [1.165, 1.54) is 49.9 Å². The largest absolute Gasteiger partial charge is 0.397 e. The molecule has 0 spiro atoms. The van der Waals surface area contributed by atoms with E-state index in [1.807, 2.05) is 0 Å². The maximum absolute atomic E-state index is 6.24. The second kappa shape index (κ2) is 4.25. The second-order valence-corrected chi connectivity index (χ2v) is 5.60. The zero-order valence-corrected chi connectivity index (χ0v) is 10.7. The average Bonchev–Trinajstić information content (AvgIpc) is 2.77. The van der Waals surface area contributed by atoms with Crippen LogP contribution in [0.3, 0.4) is 0 Å². The molecule has 2 N–H and O–H groups in total. The van der Waals surface area contributed by atoms with Gasteiger partial charge in [0.2, 0.25) is 0 Å². The predicted molar refractivity (Wildman–Crippen MR) is 73.3 cm³/mol. The molecule has 1 aromatic rings. The van der Waals surface area contributed by atoms with Crippen molar-refractivity contribution in [2.45, 2.75) is 45.1 Å². The number of benzene rings is 1. The first-order valence-corrected chi connectivity index (χ1v) is 6.89. The normalized spacial score (nSPS) is 28.2. The van der Waals surface area contributed by atoms with E-state index in [0.717, 1.165) is 17.6 Å². The molecule has 2 atom stereocenters. The monoisotopic (exact) mass is 230 g/mol. The van der Waals surface area contributed by atoms with Crippen LogP contribution >= 0.6 is 0 Å². The Morgan fingerprint density at radius 1 is 1.18 bits per heavy atom. The molecule has 0 aromatic heterocycles. The van der Waals surface area contributed by atoms with Crippen LogP contribution in [0.5, 0.6) is 0 Å². The molecule has 0 amide bonds. The number of rotatable bonds is 1. The number of hydrogen-bond donors (Lipinski definition) is 1. The molecule has 17 heavy (non-hydrogen) atoms. The molecule has 1 aliphatic heterocycles. The quantitative estimate of drug-likeness (QED) is 0.750. The molecule has 2 unspecified atom stereocenters. The van der Waals surface area contributed by atoms with E-state index in [1.54, 1.807) is 0 Å². The van der Waals surface area contributed by atoms with Gasteiger partial charge in [0.05, 0.1) is 11.4 Å². The van der Waals surface area contributed by atoms with Crippen LogP contribution in [-0.2, 0) is 0 Å². The highest BCUT2D eigenvalue weighted by atomic mass is 15.2. The Hall–Kier alpha value is -1.18. The third-order valence-corrected chi connectivity index (χ3v) is 4.62. The summed E-state index contributed by atoms with van der Waals surface area (Å²) in [6.07, 6.45) is 6.96. The third kappa shape index (κ3) is 1.80. The smallest absolute Gasteiger partial charge is 0.0605 e. The van der Waals surface area contributed by atoms with Crippen LogP contribution in [0.1, 0.15) is 37.7 Å². The number of fused-ring (bicyclic) bond motifs is 1. The Labute approximate surface area is 104 Å². The van der Waals surface area contributed by atoms with Gasteiger partial charge in [-0.15, -0.1) is 0 Å². The Kier molecular flexibility index (Phi) is 2.73. The van der Waals surface area contributed by atoms with Gasteiger partial charge in [-0.05, 0) is 43.7 Å². The molecule has 2 nitrogen and oxygen atoms in total. The Morgan fingerprint density at radius 3 is 2.88 bits per heavy atom. The van der Waals surface area contributed by atoms with Gasteiger partial charge in [0.25, 0.3) is 0 Å². The van der Waals surface area contributed by atoms with Crippen molar-refractivity contribution >= 4 is 11.4 Å². The number of aryl methyl sites for hydroxylation is 1. The highest BCUT2D eigenvalue weighted by Gasteiger charge is 2.36. The molecule has 1 saturated carbocycles. The molecule has 2 heteroatoms. The fourth-order valence-corrected chi connectivity index (χ4v) is 3.62. The van der Waals surface area contributed by atoms with Crippen LogP contribution in [0.2, 0.25) is 0 Å². The summed E-state index contributed by atoms with van der Waals surface area (Å²) in [5, 5.41) is 0. The zero-order chi connectivity index (χ0) is 11.8. The van der Waals surface area contributed by atoms with Gasteiger partial charge >= 0.3 is 0 Å². The van der Waals surface area contributed by atoms with E-state index in [-0.39, 0.29) is 0 Å². The Morgan fingerprint density at radius 2 is 2.00 bits per heavy atom. The number of nitrogens with two attached hydrogens (primary N) is 1. The zero-order valence-electron chi connectivity index (χ0n) is 10.7. The molecule has 1 heterocycles. The molecule has 0 bridgehead atoms. The van der Waals surface area contributed by atoms with Gasteiger partial charge in [-0.25, -0.2) is 0 Å². The molecule has 1 saturated heterocycles. The van der Waals surface area contributed by atoms with Crippen LogP contribution in [0.4, 0.5) is 11.4 Å². The lowest BCUT2D eigenvalue weighted by Gasteiger charge is -2.34. The summed E-state index contributed by atoms with van der Waals surface area (Å²) in [5.41, 5.74) is 9.71. The predicted octanol–water partition coefficient (Wildman–Crippen LogP) is 3.35. The lowest BCUT2D eigenvalue weighted by molar-refractivity contribution is 0.342. The first-order valence-electron chi connectivity index (χ1n) is 6.89. The molecule has 1 aliphatic carbocycles. The molecule has 0 radical (unpaired) electrons. The summed E-state index contributed by atoms with van der Waals surface area (Å²) >= 11 is 0. The Balaban J connectivity index is 1.91. The van der Waals surface area contributed by atoms with Crippen LogP contribution in [0.15, 0.2) is 18.2 Å². The summed E-state index contributed by atoms with van der Waals surface area (Å²) in [5.74, 6) is 0.920. The fourth-order valence-electron chi connectivity index (χ4n) is 3.62. The van der Waals surface area contributed by atoms with E-state index >= 15 is 0 Å². The topological polar surface area (TPSA) is 29.3 Å².